The van der Waals surface area contributed by atoms with E-state index in [1.165, 1.54) is 0 Å². The highest BCUT2D eigenvalue weighted by Gasteiger charge is 2.11. The Morgan fingerprint density at radius 3 is 1.50 bits per heavy atom. The van der Waals surface area contributed by atoms with Crippen molar-refractivity contribution in [2.45, 2.75) is 45.4 Å². The number of carbonyl (C=O) groups is 4. The molecular weight excluding hydrogens is 370 g/mol. The quantitative estimate of drug-likeness (QED) is 0.506. The van der Waals surface area contributed by atoms with Gasteiger partial charge in [-0.15, -0.1) is 0 Å². The van der Waals surface area contributed by atoms with Gasteiger partial charge in [0.15, 0.2) is 0 Å². The van der Waals surface area contributed by atoms with Crippen molar-refractivity contribution in [3.8, 4) is 0 Å². The highest BCUT2D eigenvalue weighted by atomic mass is 16.5. The van der Waals surface area contributed by atoms with Crippen LogP contribution < -0.4 is 0 Å². The smallest absolute Gasteiger partial charge is 0.306 e. The first-order valence-corrected chi connectivity index (χ1v) is 8.67. The number of hydrogen-bond acceptors (Lipinski definition) is 7. The molecule has 0 unspecified atom stereocenters. The van der Waals surface area contributed by atoms with Crippen LogP contribution in [0.1, 0.15) is 42.4 Å². The van der Waals surface area contributed by atoms with Crippen LogP contribution in [-0.2, 0) is 48.4 Å². The summed E-state index contributed by atoms with van der Waals surface area (Å²) in [5.41, 5.74) is 2.28. The third kappa shape index (κ3) is 10.3. The van der Waals surface area contributed by atoms with E-state index in [4.69, 9.17) is 19.7 Å². The van der Waals surface area contributed by atoms with Gasteiger partial charge in [0.2, 0.25) is 0 Å². The third-order valence-electron chi connectivity index (χ3n) is 3.50. The van der Waals surface area contributed by atoms with E-state index in [1.807, 2.05) is 31.1 Å². The molecule has 0 radical (unpaired) electrons. The molecule has 9 heteroatoms. The van der Waals surface area contributed by atoms with E-state index >= 15 is 0 Å². The molecule has 0 saturated heterocycles. The van der Waals surface area contributed by atoms with Crippen LogP contribution in [0.2, 0.25) is 0 Å². The standard InChI is InChI=1S/C19H25NO8/c1-20(2)10-13-7-14(11-27-18(25)5-3-16(21)22)9-15(8-13)12-28-19(26)6-4-17(23)24/h7-9H,3-6,10-12H2,1-2H3,(H,21,22)(H,23,24). The van der Waals surface area contributed by atoms with E-state index in [9.17, 15) is 19.2 Å². The second-order valence-corrected chi connectivity index (χ2v) is 6.50. The minimum atomic E-state index is -1.07. The fourth-order valence-corrected chi connectivity index (χ4v) is 2.35. The SMILES string of the molecule is CN(C)Cc1cc(COC(=O)CCC(=O)O)cc(COC(=O)CCC(=O)O)c1. The molecule has 2 N–H and O–H groups in total. The highest BCUT2D eigenvalue weighted by Crippen LogP contribution is 2.15. The van der Waals surface area contributed by atoms with Crippen molar-refractivity contribution < 1.29 is 38.9 Å². The molecule has 28 heavy (non-hydrogen) atoms. The van der Waals surface area contributed by atoms with Crippen molar-refractivity contribution in [1.82, 2.24) is 4.90 Å². The summed E-state index contributed by atoms with van der Waals surface area (Å²) in [4.78, 5) is 46.1. The van der Waals surface area contributed by atoms with Crippen LogP contribution in [0.15, 0.2) is 18.2 Å². The van der Waals surface area contributed by atoms with Gasteiger partial charge in [-0.3, -0.25) is 19.2 Å². The Morgan fingerprint density at radius 2 is 1.14 bits per heavy atom. The molecular formula is C19H25NO8. The first-order chi connectivity index (χ1) is 13.2. The number of benzene rings is 1. The second-order valence-electron chi connectivity index (χ2n) is 6.50. The molecule has 0 aliphatic rings. The minimum Gasteiger partial charge on any atom is -0.481 e. The summed E-state index contributed by atoms with van der Waals surface area (Å²) >= 11 is 0. The number of aliphatic carboxylic acids is 2. The van der Waals surface area contributed by atoms with Crippen LogP contribution in [-0.4, -0.2) is 53.1 Å². The molecule has 0 spiro atoms. The Labute approximate surface area is 162 Å². The fraction of sp³-hybridized carbons (Fsp3) is 0.474. The number of carboxylic acids is 2. The van der Waals surface area contributed by atoms with Gasteiger partial charge in [-0.2, -0.15) is 0 Å². The van der Waals surface area contributed by atoms with E-state index in [0.717, 1.165) is 5.56 Å². The van der Waals surface area contributed by atoms with Gasteiger partial charge in [0.25, 0.3) is 0 Å². The molecule has 0 aliphatic heterocycles. The van der Waals surface area contributed by atoms with Crippen molar-refractivity contribution in [3.63, 3.8) is 0 Å². The maximum Gasteiger partial charge on any atom is 0.306 e. The minimum absolute atomic E-state index is 0.0281. The molecule has 0 aromatic heterocycles. The molecule has 9 nitrogen and oxygen atoms in total. The number of hydrogen-bond donors (Lipinski definition) is 2. The number of nitrogens with zero attached hydrogens (tertiary/aromatic N) is 1. The monoisotopic (exact) mass is 395 g/mol. The maximum atomic E-state index is 11.6. The summed E-state index contributed by atoms with van der Waals surface area (Å²) in [7, 11) is 3.79. The number of carbonyl (C=O) groups excluding carboxylic acids is 2. The zero-order valence-electron chi connectivity index (χ0n) is 16.0. The number of carboxylic acid groups (broad SMARTS) is 2. The largest absolute Gasteiger partial charge is 0.481 e. The third-order valence-corrected chi connectivity index (χ3v) is 3.50. The molecule has 0 fully saturated rings. The Hall–Kier alpha value is -2.94. The summed E-state index contributed by atoms with van der Waals surface area (Å²) in [6, 6.07) is 5.41. The van der Waals surface area contributed by atoms with E-state index in [-0.39, 0.29) is 38.9 Å². The lowest BCUT2D eigenvalue weighted by molar-refractivity contribution is -0.148. The van der Waals surface area contributed by atoms with Crippen molar-refractivity contribution in [3.05, 3.63) is 34.9 Å². The van der Waals surface area contributed by atoms with Gasteiger partial charge < -0.3 is 24.6 Å². The Morgan fingerprint density at radius 1 is 0.750 bits per heavy atom. The molecule has 0 heterocycles. The summed E-state index contributed by atoms with van der Waals surface area (Å²) in [6.07, 6.45) is -1.00. The van der Waals surface area contributed by atoms with Gasteiger partial charge in [-0.25, -0.2) is 0 Å². The zero-order chi connectivity index (χ0) is 21.1. The molecule has 0 amide bonds. The average molecular weight is 395 g/mol. The highest BCUT2D eigenvalue weighted by molar-refractivity contribution is 5.77. The first-order valence-electron chi connectivity index (χ1n) is 8.67. The number of rotatable bonds is 12. The lowest BCUT2D eigenvalue weighted by Gasteiger charge is -2.14. The molecule has 1 aromatic carbocycles. The molecule has 1 aromatic rings. The molecule has 0 atom stereocenters. The summed E-state index contributed by atoms with van der Waals surface area (Å²) < 4.78 is 10.2. The predicted molar refractivity (Wildman–Crippen MR) is 97.2 cm³/mol. The summed E-state index contributed by atoms with van der Waals surface area (Å²) in [6.45, 7) is 0.556. The van der Waals surface area contributed by atoms with Gasteiger partial charge in [0, 0.05) is 6.54 Å². The van der Waals surface area contributed by atoms with Crippen LogP contribution >= 0.6 is 0 Å². The van der Waals surface area contributed by atoms with Gasteiger partial charge in [0.1, 0.15) is 13.2 Å². The average Bonchev–Trinajstić information content (AvgIpc) is 2.60. The van der Waals surface area contributed by atoms with Crippen molar-refractivity contribution in [2.24, 2.45) is 0 Å². The van der Waals surface area contributed by atoms with Gasteiger partial charge in [-0.05, 0) is 36.9 Å². The summed E-state index contributed by atoms with van der Waals surface area (Å²) in [5, 5.41) is 17.2. The van der Waals surface area contributed by atoms with Crippen LogP contribution in [0.4, 0.5) is 0 Å². The topological polar surface area (TPSA) is 130 Å². The van der Waals surface area contributed by atoms with Gasteiger partial charge in [0.05, 0.1) is 25.7 Å². The van der Waals surface area contributed by atoms with E-state index in [1.54, 1.807) is 6.07 Å². The molecule has 1 rings (SSSR count). The van der Waals surface area contributed by atoms with Gasteiger partial charge in [-0.1, -0.05) is 12.1 Å². The van der Waals surface area contributed by atoms with Crippen LogP contribution in [0.3, 0.4) is 0 Å². The Bertz CT molecular complexity index is 662. The fourth-order valence-electron chi connectivity index (χ4n) is 2.35. The summed E-state index contributed by atoms with van der Waals surface area (Å²) in [5.74, 6) is -3.36. The van der Waals surface area contributed by atoms with Crippen LogP contribution in [0, 0.1) is 0 Å². The lowest BCUT2D eigenvalue weighted by atomic mass is 10.1. The van der Waals surface area contributed by atoms with Gasteiger partial charge >= 0.3 is 23.9 Å². The van der Waals surface area contributed by atoms with Crippen molar-refractivity contribution in [1.29, 1.82) is 0 Å². The molecule has 0 bridgehead atoms. The molecule has 154 valence electrons. The molecule has 0 aliphatic carbocycles. The normalized spacial score (nSPS) is 10.5. The van der Waals surface area contributed by atoms with E-state index < -0.39 is 23.9 Å². The number of esters is 2. The lowest BCUT2D eigenvalue weighted by Crippen LogP contribution is -2.13. The second kappa shape index (κ2) is 11.7. The number of ether oxygens (including phenoxy) is 2. The van der Waals surface area contributed by atoms with E-state index in [2.05, 4.69) is 0 Å². The Kier molecular flexibility index (Phi) is 9.66. The zero-order valence-corrected chi connectivity index (χ0v) is 16.0. The van der Waals surface area contributed by atoms with Crippen molar-refractivity contribution >= 4 is 23.9 Å². The predicted octanol–water partition coefficient (Wildman–Crippen LogP) is 1.56. The van der Waals surface area contributed by atoms with Crippen molar-refractivity contribution in [2.75, 3.05) is 14.1 Å². The Balaban J connectivity index is 2.73. The van der Waals surface area contributed by atoms with Crippen LogP contribution in [0.25, 0.3) is 0 Å². The first kappa shape index (κ1) is 23.1. The maximum absolute atomic E-state index is 11.6. The molecule has 0 saturated carbocycles. The van der Waals surface area contributed by atoms with Crippen LogP contribution in [0.5, 0.6) is 0 Å². The van der Waals surface area contributed by atoms with E-state index in [0.29, 0.717) is 17.7 Å².